The van der Waals surface area contributed by atoms with Gasteiger partial charge in [-0.15, -0.1) is 0 Å². The molecule has 1 atom stereocenters. The Hall–Kier alpha value is -0.570. The average Bonchev–Trinajstić information content (AvgIpc) is 2.65. The number of unbranched alkanes of at least 4 members (excludes halogenated alkanes) is 16. The molecular formula is C24H49NO2. The normalized spacial score (nSPS) is 12.3. The van der Waals surface area contributed by atoms with Crippen molar-refractivity contribution in [1.82, 2.24) is 0 Å². The fourth-order valence-electron chi connectivity index (χ4n) is 3.52. The molecule has 0 amide bonds. The van der Waals surface area contributed by atoms with Crippen molar-refractivity contribution in [2.24, 2.45) is 5.73 Å². The van der Waals surface area contributed by atoms with Gasteiger partial charge in [-0.1, -0.05) is 117 Å². The van der Waals surface area contributed by atoms with Crippen molar-refractivity contribution < 1.29 is 9.53 Å². The number of carbonyl (C=O) groups is 1. The van der Waals surface area contributed by atoms with Gasteiger partial charge in [0.15, 0.2) is 6.23 Å². The highest BCUT2D eigenvalue weighted by atomic mass is 16.6. The highest BCUT2D eigenvalue weighted by Gasteiger charge is 2.09. The van der Waals surface area contributed by atoms with Gasteiger partial charge in [-0.25, -0.2) is 0 Å². The molecule has 0 fully saturated rings. The van der Waals surface area contributed by atoms with Crippen molar-refractivity contribution in [2.45, 2.75) is 148 Å². The third kappa shape index (κ3) is 21.6. The molecule has 1 unspecified atom stereocenters. The van der Waals surface area contributed by atoms with E-state index < -0.39 is 6.23 Å². The molecule has 0 rings (SSSR count). The topological polar surface area (TPSA) is 52.3 Å². The zero-order chi connectivity index (χ0) is 20.0. The SMILES string of the molecule is CCCCCCCCCCCCCCCCCC(N)OC(=O)CCCCC. The van der Waals surface area contributed by atoms with E-state index in [1.54, 1.807) is 0 Å². The standard InChI is InChI=1S/C24H49NO2/c1-3-5-7-8-9-10-11-12-13-14-15-16-17-18-20-21-23(25)27-24(26)22-19-6-4-2/h23H,3-22,25H2,1-2H3. The molecule has 162 valence electrons. The summed E-state index contributed by atoms with van der Waals surface area (Å²) in [5, 5.41) is 0. The van der Waals surface area contributed by atoms with Crippen LogP contribution in [0.5, 0.6) is 0 Å². The molecule has 0 bridgehead atoms. The van der Waals surface area contributed by atoms with Crippen molar-refractivity contribution >= 4 is 5.97 Å². The average molecular weight is 384 g/mol. The van der Waals surface area contributed by atoms with Crippen LogP contribution in [-0.2, 0) is 9.53 Å². The summed E-state index contributed by atoms with van der Waals surface area (Å²) < 4.78 is 5.25. The van der Waals surface area contributed by atoms with Crippen LogP contribution >= 0.6 is 0 Å². The van der Waals surface area contributed by atoms with Crippen LogP contribution in [0.25, 0.3) is 0 Å². The van der Waals surface area contributed by atoms with Crippen molar-refractivity contribution in [3.05, 3.63) is 0 Å². The molecular weight excluding hydrogens is 334 g/mol. The zero-order valence-corrected chi connectivity index (χ0v) is 18.6. The lowest BCUT2D eigenvalue weighted by Crippen LogP contribution is -2.26. The smallest absolute Gasteiger partial charge is 0.307 e. The lowest BCUT2D eigenvalue weighted by Gasteiger charge is -2.13. The van der Waals surface area contributed by atoms with Gasteiger partial charge in [-0.2, -0.15) is 0 Å². The first-order chi connectivity index (χ1) is 13.2. The first-order valence-electron chi connectivity index (χ1n) is 12.2. The van der Waals surface area contributed by atoms with Gasteiger partial charge in [0.1, 0.15) is 0 Å². The number of rotatable bonds is 21. The lowest BCUT2D eigenvalue weighted by atomic mass is 10.0. The monoisotopic (exact) mass is 383 g/mol. The van der Waals surface area contributed by atoms with Crippen LogP contribution in [0, 0.1) is 0 Å². The van der Waals surface area contributed by atoms with E-state index in [-0.39, 0.29) is 5.97 Å². The van der Waals surface area contributed by atoms with E-state index in [9.17, 15) is 4.79 Å². The van der Waals surface area contributed by atoms with E-state index in [0.717, 1.165) is 32.1 Å². The van der Waals surface area contributed by atoms with Crippen molar-refractivity contribution in [1.29, 1.82) is 0 Å². The summed E-state index contributed by atoms with van der Waals surface area (Å²) >= 11 is 0. The van der Waals surface area contributed by atoms with Crippen LogP contribution in [0.4, 0.5) is 0 Å². The van der Waals surface area contributed by atoms with Gasteiger partial charge in [0.05, 0.1) is 0 Å². The van der Waals surface area contributed by atoms with Gasteiger partial charge in [0.2, 0.25) is 0 Å². The van der Waals surface area contributed by atoms with Crippen molar-refractivity contribution in [3.8, 4) is 0 Å². The minimum Gasteiger partial charge on any atom is -0.447 e. The number of hydrogen-bond acceptors (Lipinski definition) is 3. The summed E-state index contributed by atoms with van der Waals surface area (Å²) in [5.74, 6) is -0.128. The molecule has 0 aromatic rings. The summed E-state index contributed by atoms with van der Waals surface area (Å²) in [6, 6.07) is 0. The maximum atomic E-state index is 11.6. The Balaban J connectivity index is 3.20. The quantitative estimate of drug-likeness (QED) is 0.126. The van der Waals surface area contributed by atoms with Crippen molar-refractivity contribution in [2.75, 3.05) is 0 Å². The molecule has 0 radical (unpaired) electrons. The minimum atomic E-state index is -0.402. The van der Waals surface area contributed by atoms with E-state index in [0.29, 0.717) is 6.42 Å². The number of hydrogen-bond donors (Lipinski definition) is 1. The first-order valence-corrected chi connectivity index (χ1v) is 12.2. The molecule has 0 saturated heterocycles. The Morgan fingerprint density at radius 1 is 0.630 bits per heavy atom. The third-order valence-electron chi connectivity index (χ3n) is 5.36. The molecule has 0 spiro atoms. The first kappa shape index (κ1) is 26.4. The maximum absolute atomic E-state index is 11.6. The Morgan fingerprint density at radius 2 is 1.00 bits per heavy atom. The van der Waals surface area contributed by atoms with Crippen LogP contribution in [0.15, 0.2) is 0 Å². The predicted molar refractivity (Wildman–Crippen MR) is 118 cm³/mol. The van der Waals surface area contributed by atoms with E-state index in [1.165, 1.54) is 89.9 Å². The van der Waals surface area contributed by atoms with Crippen LogP contribution in [0.3, 0.4) is 0 Å². The van der Waals surface area contributed by atoms with E-state index in [2.05, 4.69) is 13.8 Å². The molecule has 0 aliphatic heterocycles. The summed E-state index contributed by atoms with van der Waals surface area (Å²) in [6.45, 7) is 4.41. The molecule has 0 heterocycles. The molecule has 0 saturated carbocycles. The van der Waals surface area contributed by atoms with Gasteiger partial charge < -0.3 is 4.74 Å². The Bertz CT molecular complexity index is 307. The molecule has 0 aliphatic rings. The minimum absolute atomic E-state index is 0.128. The van der Waals surface area contributed by atoms with Gasteiger partial charge in [0, 0.05) is 6.42 Å². The third-order valence-corrected chi connectivity index (χ3v) is 5.36. The Morgan fingerprint density at radius 3 is 1.44 bits per heavy atom. The second kappa shape index (κ2) is 21.7. The van der Waals surface area contributed by atoms with Crippen LogP contribution < -0.4 is 5.73 Å². The van der Waals surface area contributed by atoms with Gasteiger partial charge in [0.25, 0.3) is 0 Å². The van der Waals surface area contributed by atoms with E-state index in [4.69, 9.17) is 10.5 Å². The van der Waals surface area contributed by atoms with Crippen LogP contribution in [-0.4, -0.2) is 12.2 Å². The predicted octanol–water partition coefficient (Wildman–Crippen LogP) is 7.66. The molecule has 0 aromatic heterocycles. The van der Waals surface area contributed by atoms with Crippen molar-refractivity contribution in [3.63, 3.8) is 0 Å². The molecule has 3 heteroatoms. The molecule has 0 aromatic carbocycles. The van der Waals surface area contributed by atoms with Gasteiger partial charge >= 0.3 is 5.97 Å². The lowest BCUT2D eigenvalue weighted by molar-refractivity contribution is -0.149. The fraction of sp³-hybridized carbons (Fsp3) is 0.958. The van der Waals surface area contributed by atoms with E-state index in [1.807, 2.05) is 0 Å². The highest BCUT2D eigenvalue weighted by molar-refractivity contribution is 5.69. The molecule has 2 N–H and O–H groups in total. The van der Waals surface area contributed by atoms with Gasteiger partial charge in [-0.3, -0.25) is 10.5 Å². The number of carbonyl (C=O) groups excluding carboxylic acids is 1. The second-order valence-electron chi connectivity index (χ2n) is 8.22. The molecule has 3 nitrogen and oxygen atoms in total. The Labute approximate surface area is 170 Å². The number of esters is 1. The highest BCUT2D eigenvalue weighted by Crippen LogP contribution is 2.14. The second-order valence-corrected chi connectivity index (χ2v) is 8.22. The number of ether oxygens (including phenoxy) is 1. The van der Waals surface area contributed by atoms with Crippen LogP contribution in [0.2, 0.25) is 0 Å². The zero-order valence-electron chi connectivity index (χ0n) is 18.6. The molecule has 0 aliphatic carbocycles. The summed E-state index contributed by atoms with van der Waals surface area (Å²) in [4.78, 5) is 11.6. The summed E-state index contributed by atoms with van der Waals surface area (Å²) in [6.07, 6.45) is 24.5. The van der Waals surface area contributed by atoms with E-state index >= 15 is 0 Å². The largest absolute Gasteiger partial charge is 0.447 e. The fourth-order valence-corrected chi connectivity index (χ4v) is 3.52. The molecule has 27 heavy (non-hydrogen) atoms. The van der Waals surface area contributed by atoms with Gasteiger partial charge in [-0.05, 0) is 19.3 Å². The maximum Gasteiger partial charge on any atom is 0.307 e. The number of nitrogens with two attached hydrogens (primary N) is 1. The summed E-state index contributed by atoms with van der Waals surface area (Å²) in [7, 11) is 0. The Kier molecular flexibility index (Phi) is 21.3. The van der Waals surface area contributed by atoms with Crippen LogP contribution in [0.1, 0.15) is 142 Å². The summed E-state index contributed by atoms with van der Waals surface area (Å²) in [5.41, 5.74) is 5.89.